The number of anilines is 1. The molecule has 1 aliphatic heterocycles. The largest absolute Gasteiger partial charge is 0.497 e. The molecule has 1 unspecified atom stereocenters. The van der Waals surface area contributed by atoms with E-state index in [1.165, 1.54) is 19.2 Å². The van der Waals surface area contributed by atoms with Crippen LogP contribution in [0, 0.1) is 0 Å². The van der Waals surface area contributed by atoms with E-state index in [2.05, 4.69) is 4.72 Å². The number of methoxy groups -OCH3 is 1. The normalized spacial score (nSPS) is 17.2. The fourth-order valence-electron chi connectivity index (χ4n) is 3.28. The Morgan fingerprint density at radius 1 is 1.18 bits per heavy atom. The first-order valence-electron chi connectivity index (χ1n) is 9.09. The molecule has 8 heteroatoms. The summed E-state index contributed by atoms with van der Waals surface area (Å²) >= 11 is 6.15. The van der Waals surface area contributed by atoms with E-state index in [-0.39, 0.29) is 21.9 Å². The van der Waals surface area contributed by atoms with Gasteiger partial charge in [0, 0.05) is 23.8 Å². The number of carbonyl (C=O) groups is 1. The topological polar surface area (TPSA) is 75.7 Å². The molecule has 3 rings (SSSR count). The third-order valence-corrected chi connectivity index (χ3v) is 6.74. The van der Waals surface area contributed by atoms with Gasteiger partial charge in [0.05, 0.1) is 12.1 Å². The van der Waals surface area contributed by atoms with Gasteiger partial charge in [-0.2, -0.15) is 0 Å². The van der Waals surface area contributed by atoms with Gasteiger partial charge in [-0.3, -0.25) is 9.52 Å². The molecule has 1 aliphatic rings. The van der Waals surface area contributed by atoms with E-state index >= 15 is 0 Å². The van der Waals surface area contributed by atoms with E-state index < -0.39 is 10.0 Å². The second kappa shape index (κ2) is 8.41. The lowest BCUT2D eigenvalue weighted by Gasteiger charge is -2.33. The summed E-state index contributed by atoms with van der Waals surface area (Å²) < 4.78 is 33.2. The molecule has 0 radical (unpaired) electrons. The van der Waals surface area contributed by atoms with Gasteiger partial charge in [0.15, 0.2) is 0 Å². The van der Waals surface area contributed by atoms with Gasteiger partial charge in [-0.25, -0.2) is 8.42 Å². The lowest BCUT2D eigenvalue weighted by atomic mass is 10.0. The number of likely N-dealkylation sites (tertiary alicyclic amines) is 1. The number of carbonyl (C=O) groups excluding carboxylic acids is 1. The molecule has 1 saturated heterocycles. The smallest absolute Gasteiger partial charge is 0.263 e. The number of nitrogens with one attached hydrogen (secondary N) is 1. The Labute approximate surface area is 170 Å². The second-order valence-corrected chi connectivity index (χ2v) is 8.88. The van der Waals surface area contributed by atoms with Gasteiger partial charge in [0.25, 0.3) is 15.9 Å². The number of hydrogen-bond donors (Lipinski definition) is 1. The molecule has 0 aromatic heterocycles. The zero-order chi connectivity index (χ0) is 20.3. The van der Waals surface area contributed by atoms with E-state index in [1.807, 2.05) is 6.92 Å². The van der Waals surface area contributed by atoms with Crippen LogP contribution in [0.25, 0.3) is 0 Å². The van der Waals surface area contributed by atoms with Crippen LogP contribution in [-0.4, -0.2) is 38.9 Å². The number of piperidine rings is 1. The molecule has 0 spiro atoms. The van der Waals surface area contributed by atoms with E-state index in [1.54, 1.807) is 35.2 Å². The van der Waals surface area contributed by atoms with Gasteiger partial charge in [-0.1, -0.05) is 11.6 Å². The minimum Gasteiger partial charge on any atom is -0.497 e. The highest BCUT2D eigenvalue weighted by atomic mass is 35.5. The highest BCUT2D eigenvalue weighted by Crippen LogP contribution is 2.27. The summed E-state index contributed by atoms with van der Waals surface area (Å²) in [5.41, 5.74) is 0.687. The third kappa shape index (κ3) is 4.42. The molecule has 2 aromatic rings. The zero-order valence-electron chi connectivity index (χ0n) is 15.8. The number of rotatable bonds is 5. The molecule has 0 saturated carbocycles. The van der Waals surface area contributed by atoms with Crippen LogP contribution in [0.1, 0.15) is 36.5 Å². The minimum atomic E-state index is -3.96. The highest BCUT2D eigenvalue weighted by molar-refractivity contribution is 7.92. The Hall–Kier alpha value is -2.25. The number of hydrogen-bond acceptors (Lipinski definition) is 4. The summed E-state index contributed by atoms with van der Waals surface area (Å²) in [5, 5.41) is 0.0595. The maximum atomic E-state index is 12.9. The molecule has 150 valence electrons. The van der Waals surface area contributed by atoms with E-state index in [9.17, 15) is 13.2 Å². The zero-order valence-corrected chi connectivity index (χ0v) is 17.4. The van der Waals surface area contributed by atoms with Crippen molar-refractivity contribution in [1.29, 1.82) is 0 Å². The first kappa shape index (κ1) is 20.5. The van der Waals surface area contributed by atoms with Gasteiger partial charge in [0.2, 0.25) is 0 Å². The molecule has 1 fully saturated rings. The molecular weight excluding hydrogens is 400 g/mol. The summed E-state index contributed by atoms with van der Waals surface area (Å²) in [7, 11) is -2.42. The second-order valence-electron chi connectivity index (χ2n) is 6.82. The average Bonchev–Trinajstić information content (AvgIpc) is 2.68. The van der Waals surface area contributed by atoms with Crippen LogP contribution in [-0.2, 0) is 10.0 Å². The Kier molecular flexibility index (Phi) is 6.15. The number of ether oxygens (including phenoxy) is 1. The molecule has 1 N–H and O–H groups in total. The SMILES string of the molecule is COc1ccc(NS(=O)(=O)c2cc(C(=O)N3CCCCC3C)ccc2Cl)cc1. The van der Waals surface area contributed by atoms with Crippen molar-refractivity contribution < 1.29 is 17.9 Å². The van der Waals surface area contributed by atoms with Crippen molar-refractivity contribution in [3.8, 4) is 5.75 Å². The van der Waals surface area contributed by atoms with Crippen molar-refractivity contribution in [2.24, 2.45) is 0 Å². The standard InChI is InChI=1S/C20H23ClN2O4S/c1-14-5-3-4-12-23(14)20(24)15-6-11-18(21)19(13-15)28(25,26)22-16-7-9-17(27-2)10-8-16/h6-11,13-14,22H,3-5,12H2,1-2H3. The Bertz CT molecular complexity index is 961. The van der Waals surface area contributed by atoms with Crippen molar-refractivity contribution in [3.63, 3.8) is 0 Å². The molecule has 1 heterocycles. The molecule has 2 aromatic carbocycles. The molecule has 28 heavy (non-hydrogen) atoms. The molecule has 0 bridgehead atoms. The van der Waals surface area contributed by atoms with E-state index in [0.29, 0.717) is 23.5 Å². The monoisotopic (exact) mass is 422 g/mol. The molecular formula is C20H23ClN2O4S. The van der Waals surface area contributed by atoms with Gasteiger partial charge >= 0.3 is 0 Å². The van der Waals surface area contributed by atoms with Crippen LogP contribution < -0.4 is 9.46 Å². The Morgan fingerprint density at radius 3 is 2.54 bits per heavy atom. The maximum Gasteiger partial charge on any atom is 0.263 e. The summed E-state index contributed by atoms with van der Waals surface area (Å²) in [6, 6.07) is 11.0. The maximum absolute atomic E-state index is 12.9. The number of sulfonamides is 1. The van der Waals surface area contributed by atoms with Gasteiger partial charge in [-0.15, -0.1) is 0 Å². The Balaban J connectivity index is 1.88. The van der Waals surface area contributed by atoms with Crippen molar-refractivity contribution >= 4 is 33.2 Å². The lowest BCUT2D eigenvalue weighted by Crippen LogP contribution is -2.42. The number of halogens is 1. The minimum absolute atomic E-state index is 0.0595. The van der Waals surface area contributed by atoms with Crippen molar-refractivity contribution in [2.75, 3.05) is 18.4 Å². The van der Waals surface area contributed by atoms with Crippen LogP contribution in [0.3, 0.4) is 0 Å². The van der Waals surface area contributed by atoms with Gasteiger partial charge < -0.3 is 9.64 Å². The van der Waals surface area contributed by atoms with Gasteiger partial charge in [0.1, 0.15) is 10.6 Å². The summed E-state index contributed by atoms with van der Waals surface area (Å²) in [4.78, 5) is 14.6. The fraction of sp³-hybridized carbons (Fsp3) is 0.350. The highest BCUT2D eigenvalue weighted by Gasteiger charge is 2.26. The van der Waals surface area contributed by atoms with Crippen LogP contribution in [0.15, 0.2) is 47.4 Å². The summed E-state index contributed by atoms with van der Waals surface area (Å²) in [6.07, 6.45) is 2.99. The summed E-state index contributed by atoms with van der Waals surface area (Å²) in [6.45, 7) is 2.69. The van der Waals surface area contributed by atoms with E-state index in [0.717, 1.165) is 19.3 Å². The number of benzene rings is 2. The quantitative estimate of drug-likeness (QED) is 0.784. The van der Waals surface area contributed by atoms with Crippen LogP contribution in [0.4, 0.5) is 5.69 Å². The van der Waals surface area contributed by atoms with Crippen LogP contribution in [0.2, 0.25) is 5.02 Å². The first-order valence-corrected chi connectivity index (χ1v) is 11.0. The number of amides is 1. The number of nitrogens with zero attached hydrogens (tertiary/aromatic N) is 1. The first-order chi connectivity index (χ1) is 13.3. The van der Waals surface area contributed by atoms with Crippen LogP contribution in [0.5, 0.6) is 5.75 Å². The predicted molar refractivity (Wildman–Crippen MR) is 110 cm³/mol. The van der Waals surface area contributed by atoms with Crippen molar-refractivity contribution in [1.82, 2.24) is 4.90 Å². The third-order valence-electron chi connectivity index (χ3n) is 4.87. The van der Waals surface area contributed by atoms with Crippen LogP contribution >= 0.6 is 11.6 Å². The molecule has 6 nitrogen and oxygen atoms in total. The molecule has 1 atom stereocenters. The fourth-order valence-corrected chi connectivity index (χ4v) is 4.86. The Morgan fingerprint density at radius 2 is 1.89 bits per heavy atom. The summed E-state index contributed by atoms with van der Waals surface area (Å²) in [5.74, 6) is 0.439. The predicted octanol–water partition coefficient (Wildman–Crippen LogP) is 4.16. The van der Waals surface area contributed by atoms with Gasteiger partial charge in [-0.05, 0) is 68.7 Å². The van der Waals surface area contributed by atoms with E-state index in [4.69, 9.17) is 16.3 Å². The molecule has 1 amide bonds. The molecule has 0 aliphatic carbocycles. The van der Waals surface area contributed by atoms with Crippen molar-refractivity contribution in [2.45, 2.75) is 37.1 Å². The van der Waals surface area contributed by atoms with Crippen molar-refractivity contribution in [3.05, 3.63) is 53.1 Å². The average molecular weight is 423 g/mol. The lowest BCUT2D eigenvalue weighted by molar-refractivity contribution is 0.0635.